The molecule has 1 saturated heterocycles. The van der Waals surface area contributed by atoms with E-state index < -0.39 is 48.0 Å². The molecule has 3 aromatic carbocycles. The number of esters is 1. The standard InChI is InChI=1S/C34H40N2O8S/c1-4-45-32-30(43-31(37)26-18-12-7-13-19-26)29(44-34(39)36-23(2)3)28(40-21-25-16-10-6-11-17-25)27(42-32)22-41-33(38)35-20-24-14-8-5-9-15-24/h5-19,23,27-30,32H,4,20-22H2,1-3H3,(H,35,38)(H,36,39)/t27-,28-,29+,30-,32+/m1/s1. The SMILES string of the molecule is CCS[C@@H]1O[C@H](COC(=O)NCc2ccccc2)[C@@H](OCc2ccccc2)[C@H](OC(=O)NC(C)C)[C@H]1OC(=O)c1ccccc1. The molecule has 3 aromatic rings. The Bertz CT molecular complexity index is 1350. The Hall–Kier alpha value is -4.06. The Morgan fingerprint density at radius 1 is 0.800 bits per heavy atom. The minimum absolute atomic E-state index is 0.141. The third-order valence-corrected chi connectivity index (χ3v) is 7.81. The lowest BCUT2D eigenvalue weighted by Crippen LogP contribution is -2.62. The fraction of sp³-hybridized carbons (Fsp3) is 0.382. The zero-order chi connectivity index (χ0) is 32.0. The summed E-state index contributed by atoms with van der Waals surface area (Å²) in [5, 5.41) is 5.47. The number of nitrogens with one attached hydrogen (secondary N) is 2. The highest BCUT2D eigenvalue weighted by Gasteiger charge is 2.51. The van der Waals surface area contributed by atoms with Crippen molar-refractivity contribution in [3.63, 3.8) is 0 Å². The van der Waals surface area contributed by atoms with Gasteiger partial charge in [0, 0.05) is 12.6 Å². The maximum absolute atomic E-state index is 13.3. The van der Waals surface area contributed by atoms with E-state index in [9.17, 15) is 14.4 Å². The van der Waals surface area contributed by atoms with E-state index >= 15 is 0 Å². The van der Waals surface area contributed by atoms with Gasteiger partial charge in [-0.25, -0.2) is 14.4 Å². The van der Waals surface area contributed by atoms with Gasteiger partial charge in [-0.3, -0.25) is 0 Å². The summed E-state index contributed by atoms with van der Waals surface area (Å²) in [6.07, 6.45) is -5.30. The zero-order valence-corrected chi connectivity index (χ0v) is 26.4. The van der Waals surface area contributed by atoms with E-state index in [1.54, 1.807) is 30.3 Å². The molecule has 4 rings (SSSR count). The van der Waals surface area contributed by atoms with Crippen LogP contribution in [0.4, 0.5) is 9.59 Å². The number of carbonyl (C=O) groups excluding carboxylic acids is 3. The number of carbonyl (C=O) groups is 3. The van der Waals surface area contributed by atoms with Gasteiger partial charge in [-0.1, -0.05) is 85.8 Å². The number of hydrogen-bond acceptors (Lipinski definition) is 9. The molecule has 0 aliphatic carbocycles. The first-order chi connectivity index (χ1) is 21.8. The van der Waals surface area contributed by atoms with Crippen LogP contribution in [-0.4, -0.2) is 66.4 Å². The average molecular weight is 637 g/mol. The van der Waals surface area contributed by atoms with Crippen molar-refractivity contribution >= 4 is 29.9 Å². The summed E-state index contributed by atoms with van der Waals surface area (Å²) >= 11 is 1.38. The Kier molecular flexibility index (Phi) is 13.1. The van der Waals surface area contributed by atoms with Crippen molar-refractivity contribution in [2.75, 3.05) is 12.4 Å². The second-order valence-corrected chi connectivity index (χ2v) is 12.0. The number of benzene rings is 3. The van der Waals surface area contributed by atoms with Crippen LogP contribution in [0.15, 0.2) is 91.0 Å². The quantitative estimate of drug-likeness (QED) is 0.180. The third-order valence-electron chi connectivity index (χ3n) is 6.77. The van der Waals surface area contributed by atoms with Crippen LogP contribution in [-0.2, 0) is 36.8 Å². The molecule has 1 aliphatic rings. The number of ether oxygens (including phenoxy) is 5. The number of hydrogen-bond donors (Lipinski definition) is 2. The topological polar surface area (TPSA) is 121 Å². The second kappa shape index (κ2) is 17.4. The van der Waals surface area contributed by atoms with E-state index in [0.717, 1.165) is 11.1 Å². The Morgan fingerprint density at radius 2 is 1.42 bits per heavy atom. The summed E-state index contributed by atoms with van der Waals surface area (Å²) in [7, 11) is 0. The molecule has 11 heteroatoms. The second-order valence-electron chi connectivity index (χ2n) is 10.6. The predicted molar refractivity (Wildman–Crippen MR) is 171 cm³/mol. The number of thioether (sulfide) groups is 1. The lowest BCUT2D eigenvalue weighted by atomic mass is 9.99. The maximum atomic E-state index is 13.3. The Morgan fingerprint density at radius 3 is 2.04 bits per heavy atom. The number of amides is 2. The molecule has 2 amide bonds. The van der Waals surface area contributed by atoms with Gasteiger partial charge in [-0.2, -0.15) is 0 Å². The normalized spacial score (nSPS) is 21.0. The molecule has 1 heterocycles. The molecule has 0 spiro atoms. The molecule has 1 aliphatic heterocycles. The van der Waals surface area contributed by atoms with Crippen LogP contribution in [0.25, 0.3) is 0 Å². The largest absolute Gasteiger partial charge is 0.451 e. The predicted octanol–water partition coefficient (Wildman–Crippen LogP) is 5.71. The van der Waals surface area contributed by atoms with E-state index in [1.807, 2.05) is 81.4 Å². The van der Waals surface area contributed by atoms with Gasteiger partial charge in [-0.15, -0.1) is 11.8 Å². The van der Waals surface area contributed by atoms with Gasteiger partial charge in [0.1, 0.15) is 24.3 Å². The van der Waals surface area contributed by atoms with Crippen molar-refractivity contribution in [3.05, 3.63) is 108 Å². The minimum atomic E-state index is -1.10. The zero-order valence-electron chi connectivity index (χ0n) is 25.6. The molecule has 0 saturated carbocycles. The van der Waals surface area contributed by atoms with Crippen LogP contribution in [0.5, 0.6) is 0 Å². The van der Waals surface area contributed by atoms with E-state index in [2.05, 4.69) is 10.6 Å². The van der Waals surface area contributed by atoms with E-state index in [-0.39, 0.29) is 25.8 Å². The van der Waals surface area contributed by atoms with Crippen LogP contribution in [0.3, 0.4) is 0 Å². The van der Waals surface area contributed by atoms with Gasteiger partial charge >= 0.3 is 18.2 Å². The highest BCUT2D eigenvalue weighted by Crippen LogP contribution is 2.35. The molecular formula is C34H40N2O8S. The molecule has 0 bridgehead atoms. The highest BCUT2D eigenvalue weighted by molar-refractivity contribution is 7.99. The van der Waals surface area contributed by atoms with Gasteiger partial charge in [-0.05, 0) is 42.9 Å². The molecule has 0 radical (unpaired) electrons. The van der Waals surface area contributed by atoms with E-state index in [4.69, 9.17) is 23.7 Å². The molecule has 1 fully saturated rings. The fourth-order valence-electron chi connectivity index (χ4n) is 4.68. The first-order valence-corrected chi connectivity index (χ1v) is 16.0. The molecule has 45 heavy (non-hydrogen) atoms. The van der Waals surface area contributed by atoms with E-state index in [0.29, 0.717) is 11.3 Å². The third kappa shape index (κ3) is 10.5. The maximum Gasteiger partial charge on any atom is 0.407 e. The molecule has 10 nitrogen and oxygen atoms in total. The summed E-state index contributed by atoms with van der Waals surface area (Å²) < 4.78 is 30.4. The Labute approximate surface area is 268 Å². The molecule has 2 N–H and O–H groups in total. The first-order valence-electron chi connectivity index (χ1n) is 14.9. The van der Waals surface area contributed by atoms with Gasteiger partial charge < -0.3 is 34.3 Å². The molecule has 0 aromatic heterocycles. The van der Waals surface area contributed by atoms with Crippen molar-refractivity contribution in [3.8, 4) is 0 Å². The Balaban J connectivity index is 1.60. The monoisotopic (exact) mass is 636 g/mol. The van der Waals surface area contributed by atoms with Crippen molar-refractivity contribution in [2.45, 2.75) is 69.8 Å². The number of alkyl carbamates (subject to hydrolysis) is 2. The average Bonchev–Trinajstić information content (AvgIpc) is 3.04. The van der Waals surface area contributed by atoms with Gasteiger partial charge in [0.2, 0.25) is 0 Å². The van der Waals surface area contributed by atoms with Crippen LogP contribution < -0.4 is 10.6 Å². The first kappa shape index (κ1) is 33.8. The van der Waals surface area contributed by atoms with E-state index in [1.165, 1.54) is 11.8 Å². The van der Waals surface area contributed by atoms with Crippen LogP contribution >= 0.6 is 11.8 Å². The fourth-order valence-corrected chi connectivity index (χ4v) is 5.63. The molecule has 240 valence electrons. The van der Waals surface area contributed by atoms with Crippen LogP contribution in [0.2, 0.25) is 0 Å². The van der Waals surface area contributed by atoms with Crippen molar-refractivity contribution in [1.82, 2.24) is 10.6 Å². The lowest BCUT2D eigenvalue weighted by molar-refractivity contribution is -0.223. The summed E-state index contributed by atoms with van der Waals surface area (Å²) in [4.78, 5) is 39.0. The van der Waals surface area contributed by atoms with Crippen LogP contribution in [0, 0.1) is 0 Å². The lowest BCUT2D eigenvalue weighted by Gasteiger charge is -2.44. The van der Waals surface area contributed by atoms with Gasteiger partial charge in [0.15, 0.2) is 12.2 Å². The molecule has 5 atom stereocenters. The van der Waals surface area contributed by atoms with Crippen molar-refractivity contribution in [2.24, 2.45) is 0 Å². The van der Waals surface area contributed by atoms with Gasteiger partial charge in [0.05, 0.1) is 12.2 Å². The minimum Gasteiger partial charge on any atom is -0.451 e. The highest BCUT2D eigenvalue weighted by atomic mass is 32.2. The molecule has 0 unspecified atom stereocenters. The summed E-state index contributed by atoms with van der Waals surface area (Å²) in [5.74, 6) is 0.0101. The van der Waals surface area contributed by atoms with Crippen molar-refractivity contribution in [1.29, 1.82) is 0 Å². The summed E-state index contributed by atoms with van der Waals surface area (Å²) in [6.45, 7) is 5.77. The molecular weight excluding hydrogens is 596 g/mol. The smallest absolute Gasteiger partial charge is 0.407 e. The summed E-state index contributed by atoms with van der Waals surface area (Å²) in [6, 6.07) is 27.3. The summed E-state index contributed by atoms with van der Waals surface area (Å²) in [5.41, 5.74) is 1.37. The van der Waals surface area contributed by atoms with Crippen molar-refractivity contribution < 1.29 is 38.1 Å². The van der Waals surface area contributed by atoms with Gasteiger partial charge in [0.25, 0.3) is 0 Å². The number of rotatable bonds is 13. The van der Waals surface area contributed by atoms with Crippen LogP contribution in [0.1, 0.15) is 42.3 Å².